The Morgan fingerprint density at radius 3 is 2.88 bits per heavy atom. The van der Waals surface area contributed by atoms with Crippen LogP contribution in [0.2, 0.25) is 0 Å². The first-order chi connectivity index (χ1) is 12.2. The Balaban J connectivity index is 1.45. The lowest BCUT2D eigenvalue weighted by Crippen LogP contribution is -2.29. The zero-order valence-electron chi connectivity index (χ0n) is 14.1. The molecule has 2 amide bonds. The van der Waals surface area contributed by atoms with Crippen LogP contribution in [0.1, 0.15) is 23.6 Å². The van der Waals surface area contributed by atoms with E-state index in [1.54, 1.807) is 19.2 Å². The molecule has 25 heavy (non-hydrogen) atoms. The van der Waals surface area contributed by atoms with E-state index in [9.17, 15) is 4.79 Å². The maximum atomic E-state index is 11.9. The molecule has 0 aliphatic heterocycles. The molecule has 2 aromatic heterocycles. The minimum Gasteiger partial charge on any atom is -0.360 e. The normalized spacial score (nSPS) is 10.6. The van der Waals surface area contributed by atoms with Crippen LogP contribution < -0.4 is 10.6 Å². The van der Waals surface area contributed by atoms with Crippen molar-refractivity contribution in [1.29, 1.82) is 0 Å². The summed E-state index contributed by atoms with van der Waals surface area (Å²) in [5.41, 5.74) is 1.32. The van der Waals surface area contributed by atoms with Gasteiger partial charge < -0.3 is 14.4 Å². The number of urea groups is 1. The van der Waals surface area contributed by atoms with Crippen molar-refractivity contribution in [2.24, 2.45) is 0 Å². The zero-order valence-corrected chi connectivity index (χ0v) is 14.1. The van der Waals surface area contributed by atoms with Crippen LogP contribution in [0.15, 0.2) is 53.3 Å². The monoisotopic (exact) mass is 339 g/mol. The number of rotatable bonds is 7. The molecule has 3 aromatic rings. The van der Waals surface area contributed by atoms with Gasteiger partial charge in [-0.2, -0.15) is 0 Å². The number of hydrogen-bond acceptors (Lipinski definition) is 4. The Morgan fingerprint density at radius 1 is 1.28 bits per heavy atom. The maximum Gasteiger partial charge on any atom is 0.320 e. The van der Waals surface area contributed by atoms with E-state index in [4.69, 9.17) is 4.52 Å². The summed E-state index contributed by atoms with van der Waals surface area (Å²) in [6.07, 6.45) is 5.70. The molecule has 7 nitrogen and oxygen atoms in total. The largest absolute Gasteiger partial charge is 0.360 e. The average molecular weight is 339 g/mol. The summed E-state index contributed by atoms with van der Waals surface area (Å²) in [6.45, 7) is 2.97. The van der Waals surface area contributed by atoms with Gasteiger partial charge in [0.05, 0.1) is 6.54 Å². The van der Waals surface area contributed by atoms with Gasteiger partial charge in [-0.25, -0.2) is 9.78 Å². The van der Waals surface area contributed by atoms with Gasteiger partial charge in [0.1, 0.15) is 11.6 Å². The molecule has 0 bridgehead atoms. The number of carbonyl (C=O) groups excluding carboxylic acids is 1. The molecule has 0 aliphatic carbocycles. The summed E-state index contributed by atoms with van der Waals surface area (Å²) in [4.78, 5) is 16.2. The average Bonchev–Trinajstić information content (AvgIpc) is 3.23. The van der Waals surface area contributed by atoms with E-state index in [1.807, 2.05) is 12.3 Å². The first-order valence-electron chi connectivity index (χ1n) is 8.23. The summed E-state index contributed by atoms with van der Waals surface area (Å²) in [5.74, 6) is 1.85. The Bertz CT molecular complexity index is 810. The standard InChI is InChI=1S/C18H21N5O2/c1-14-12-16(22-25-14)21-18(24)20-13-17-19-9-11-23(17)10-5-8-15-6-3-2-4-7-15/h2-4,6-7,9,11-12H,5,8,10,13H2,1H3,(H2,20,21,22,24). The second-order valence-electron chi connectivity index (χ2n) is 5.76. The molecule has 0 spiro atoms. The highest BCUT2D eigenvalue weighted by Crippen LogP contribution is 2.07. The SMILES string of the molecule is Cc1cc(NC(=O)NCc2nccn2CCCc2ccccc2)no1. The minimum absolute atomic E-state index is 0.341. The Morgan fingerprint density at radius 2 is 2.12 bits per heavy atom. The third-order valence-electron chi connectivity index (χ3n) is 3.79. The fraction of sp³-hybridized carbons (Fsp3) is 0.278. The lowest BCUT2D eigenvalue weighted by atomic mass is 10.1. The number of hydrogen-bond donors (Lipinski definition) is 2. The van der Waals surface area contributed by atoms with Gasteiger partial charge in [0.25, 0.3) is 0 Å². The van der Waals surface area contributed by atoms with Gasteiger partial charge in [-0.05, 0) is 25.3 Å². The van der Waals surface area contributed by atoms with Crippen molar-refractivity contribution in [3.05, 3.63) is 65.9 Å². The third-order valence-corrected chi connectivity index (χ3v) is 3.79. The number of benzene rings is 1. The number of imidazole rings is 1. The van der Waals surface area contributed by atoms with Crippen molar-refractivity contribution in [2.45, 2.75) is 32.9 Å². The van der Waals surface area contributed by atoms with Gasteiger partial charge in [0, 0.05) is 25.0 Å². The van der Waals surface area contributed by atoms with Crippen LogP contribution in [0.5, 0.6) is 0 Å². The highest BCUT2D eigenvalue weighted by atomic mass is 16.5. The molecule has 0 aliphatic rings. The molecule has 0 unspecified atom stereocenters. The highest BCUT2D eigenvalue weighted by Gasteiger charge is 2.08. The van der Waals surface area contributed by atoms with Crippen LogP contribution >= 0.6 is 0 Å². The summed E-state index contributed by atoms with van der Waals surface area (Å²) in [7, 11) is 0. The topological polar surface area (TPSA) is 85.0 Å². The van der Waals surface area contributed by atoms with Crippen LogP contribution in [0.3, 0.4) is 0 Å². The van der Waals surface area contributed by atoms with Crippen LogP contribution in [0, 0.1) is 6.92 Å². The molecular formula is C18H21N5O2. The lowest BCUT2D eigenvalue weighted by Gasteiger charge is -2.09. The van der Waals surface area contributed by atoms with Crippen molar-refractivity contribution in [1.82, 2.24) is 20.0 Å². The summed E-state index contributed by atoms with van der Waals surface area (Å²) in [6, 6.07) is 11.7. The van der Waals surface area contributed by atoms with Gasteiger partial charge in [0.2, 0.25) is 0 Å². The number of anilines is 1. The molecular weight excluding hydrogens is 318 g/mol. The molecule has 1 aromatic carbocycles. The molecule has 0 saturated carbocycles. The van der Waals surface area contributed by atoms with Gasteiger partial charge >= 0.3 is 6.03 Å². The van der Waals surface area contributed by atoms with Gasteiger partial charge in [-0.3, -0.25) is 5.32 Å². The molecule has 0 radical (unpaired) electrons. The third kappa shape index (κ3) is 4.94. The second-order valence-corrected chi connectivity index (χ2v) is 5.76. The number of aromatic nitrogens is 3. The van der Waals surface area contributed by atoms with Gasteiger partial charge in [-0.1, -0.05) is 35.5 Å². The first kappa shape index (κ1) is 16.8. The number of carbonyl (C=O) groups is 1. The van der Waals surface area contributed by atoms with E-state index in [-0.39, 0.29) is 6.03 Å². The zero-order chi connectivity index (χ0) is 17.5. The van der Waals surface area contributed by atoms with E-state index >= 15 is 0 Å². The molecule has 0 fully saturated rings. The van der Waals surface area contributed by atoms with Crippen LogP contribution in [-0.4, -0.2) is 20.7 Å². The fourth-order valence-corrected chi connectivity index (χ4v) is 2.55. The molecule has 3 rings (SSSR count). The van der Waals surface area contributed by atoms with Gasteiger partial charge in [-0.15, -0.1) is 0 Å². The van der Waals surface area contributed by atoms with Crippen molar-refractivity contribution in [3.63, 3.8) is 0 Å². The number of amides is 2. The quantitative estimate of drug-likeness (QED) is 0.692. The van der Waals surface area contributed by atoms with E-state index in [2.05, 4.69) is 49.6 Å². The van der Waals surface area contributed by atoms with E-state index in [0.29, 0.717) is 18.1 Å². The van der Waals surface area contributed by atoms with Crippen LogP contribution in [-0.2, 0) is 19.5 Å². The van der Waals surface area contributed by atoms with E-state index in [1.165, 1.54) is 5.56 Å². The molecule has 2 heterocycles. The molecule has 0 atom stereocenters. The van der Waals surface area contributed by atoms with Crippen LogP contribution in [0.4, 0.5) is 10.6 Å². The number of nitrogens with zero attached hydrogens (tertiary/aromatic N) is 3. The number of nitrogens with one attached hydrogen (secondary N) is 2. The molecule has 0 saturated heterocycles. The van der Waals surface area contributed by atoms with Crippen molar-refractivity contribution >= 4 is 11.8 Å². The Labute approximate surface area is 146 Å². The first-order valence-corrected chi connectivity index (χ1v) is 8.23. The minimum atomic E-state index is -0.341. The molecule has 2 N–H and O–H groups in total. The molecule has 7 heteroatoms. The molecule has 130 valence electrons. The summed E-state index contributed by atoms with van der Waals surface area (Å²) in [5, 5.41) is 9.11. The summed E-state index contributed by atoms with van der Waals surface area (Å²) >= 11 is 0. The van der Waals surface area contributed by atoms with Crippen LogP contribution in [0.25, 0.3) is 0 Å². The smallest absolute Gasteiger partial charge is 0.320 e. The van der Waals surface area contributed by atoms with Gasteiger partial charge in [0.15, 0.2) is 5.82 Å². The Kier molecular flexibility index (Phi) is 5.46. The van der Waals surface area contributed by atoms with E-state index in [0.717, 1.165) is 25.2 Å². The summed E-state index contributed by atoms with van der Waals surface area (Å²) < 4.78 is 6.97. The predicted molar refractivity (Wildman–Crippen MR) is 94.1 cm³/mol. The van der Waals surface area contributed by atoms with Crippen molar-refractivity contribution in [2.75, 3.05) is 5.32 Å². The number of aryl methyl sites for hydroxylation is 3. The highest BCUT2D eigenvalue weighted by molar-refractivity contribution is 5.87. The fourth-order valence-electron chi connectivity index (χ4n) is 2.55. The Hall–Kier alpha value is -3.09. The second kappa shape index (κ2) is 8.14. The lowest BCUT2D eigenvalue weighted by molar-refractivity contribution is 0.251. The predicted octanol–water partition coefficient (Wildman–Crippen LogP) is 3.13. The van der Waals surface area contributed by atoms with Crippen molar-refractivity contribution in [3.8, 4) is 0 Å². The van der Waals surface area contributed by atoms with E-state index < -0.39 is 0 Å². The maximum absolute atomic E-state index is 11.9. The van der Waals surface area contributed by atoms with Crippen molar-refractivity contribution < 1.29 is 9.32 Å².